The number of nitrogen functional groups attached to an aromatic ring is 1. The van der Waals surface area contributed by atoms with Gasteiger partial charge in [0, 0.05) is 4.88 Å². The molecule has 0 fully saturated rings. The SMILES string of the molecule is Cc1cc(-c2nc3c(N)cccc3o2)sc1C. The Bertz CT molecular complexity index is 677. The summed E-state index contributed by atoms with van der Waals surface area (Å²) >= 11 is 1.69. The molecule has 2 N–H and O–H groups in total. The summed E-state index contributed by atoms with van der Waals surface area (Å²) in [5.74, 6) is 0.652. The number of benzene rings is 1. The average molecular weight is 244 g/mol. The first kappa shape index (κ1) is 10.4. The third-order valence-electron chi connectivity index (χ3n) is 2.83. The Hall–Kier alpha value is -1.81. The predicted molar refractivity (Wildman–Crippen MR) is 71.2 cm³/mol. The molecule has 0 aliphatic heterocycles. The van der Waals surface area contributed by atoms with Crippen molar-refractivity contribution in [2.24, 2.45) is 0 Å². The number of hydrogen-bond donors (Lipinski definition) is 1. The summed E-state index contributed by atoms with van der Waals surface area (Å²) in [6.07, 6.45) is 0. The first-order valence-electron chi connectivity index (χ1n) is 5.37. The number of hydrogen-bond acceptors (Lipinski definition) is 4. The molecule has 0 amide bonds. The summed E-state index contributed by atoms with van der Waals surface area (Å²) < 4.78 is 5.72. The molecular formula is C13H12N2OS. The Morgan fingerprint density at radius 1 is 1.29 bits per heavy atom. The quantitative estimate of drug-likeness (QED) is 0.663. The van der Waals surface area contributed by atoms with E-state index >= 15 is 0 Å². The van der Waals surface area contributed by atoms with Gasteiger partial charge in [-0.2, -0.15) is 0 Å². The van der Waals surface area contributed by atoms with E-state index in [9.17, 15) is 0 Å². The molecule has 0 aliphatic carbocycles. The smallest absolute Gasteiger partial charge is 0.237 e. The summed E-state index contributed by atoms with van der Waals surface area (Å²) in [6.45, 7) is 4.19. The zero-order valence-electron chi connectivity index (χ0n) is 9.65. The molecule has 0 spiro atoms. The molecule has 0 bridgehead atoms. The van der Waals surface area contributed by atoms with Crippen molar-refractivity contribution in [1.29, 1.82) is 0 Å². The van der Waals surface area contributed by atoms with Gasteiger partial charge in [-0.15, -0.1) is 11.3 Å². The zero-order valence-corrected chi connectivity index (χ0v) is 10.5. The molecule has 0 saturated heterocycles. The lowest BCUT2D eigenvalue weighted by Gasteiger charge is -1.89. The lowest BCUT2D eigenvalue weighted by Crippen LogP contribution is -1.84. The summed E-state index contributed by atoms with van der Waals surface area (Å²) in [4.78, 5) is 6.79. The van der Waals surface area contributed by atoms with Crippen molar-refractivity contribution in [2.45, 2.75) is 13.8 Å². The molecule has 2 aromatic heterocycles. The van der Waals surface area contributed by atoms with Crippen LogP contribution in [0, 0.1) is 13.8 Å². The predicted octanol–water partition coefficient (Wildman–Crippen LogP) is 3.76. The summed E-state index contributed by atoms with van der Waals surface area (Å²) in [6, 6.07) is 7.69. The van der Waals surface area contributed by atoms with E-state index in [-0.39, 0.29) is 0 Å². The van der Waals surface area contributed by atoms with Crippen molar-refractivity contribution in [3.63, 3.8) is 0 Å². The topological polar surface area (TPSA) is 52.0 Å². The van der Waals surface area contributed by atoms with E-state index in [1.807, 2.05) is 18.2 Å². The fourth-order valence-electron chi connectivity index (χ4n) is 1.75. The molecule has 0 unspecified atom stereocenters. The van der Waals surface area contributed by atoms with E-state index in [4.69, 9.17) is 10.2 Å². The summed E-state index contributed by atoms with van der Waals surface area (Å²) in [7, 11) is 0. The number of nitrogens with zero attached hydrogens (tertiary/aromatic N) is 1. The van der Waals surface area contributed by atoms with E-state index in [1.165, 1.54) is 10.4 Å². The number of thiophene rings is 1. The van der Waals surface area contributed by atoms with Gasteiger partial charge in [-0.05, 0) is 37.6 Å². The van der Waals surface area contributed by atoms with Gasteiger partial charge in [-0.3, -0.25) is 0 Å². The molecule has 17 heavy (non-hydrogen) atoms. The van der Waals surface area contributed by atoms with Crippen LogP contribution in [0.1, 0.15) is 10.4 Å². The molecule has 1 aromatic carbocycles. The van der Waals surface area contributed by atoms with Crippen molar-refractivity contribution >= 4 is 28.1 Å². The van der Waals surface area contributed by atoms with Gasteiger partial charge >= 0.3 is 0 Å². The minimum atomic E-state index is 0.652. The highest BCUT2D eigenvalue weighted by atomic mass is 32.1. The van der Waals surface area contributed by atoms with E-state index in [0.29, 0.717) is 11.6 Å². The number of aryl methyl sites for hydroxylation is 2. The molecular weight excluding hydrogens is 232 g/mol. The van der Waals surface area contributed by atoms with Gasteiger partial charge in [0.15, 0.2) is 5.58 Å². The van der Waals surface area contributed by atoms with Crippen LogP contribution in [-0.2, 0) is 0 Å². The number of anilines is 1. The van der Waals surface area contributed by atoms with Crippen LogP contribution in [0.4, 0.5) is 5.69 Å². The van der Waals surface area contributed by atoms with E-state index in [2.05, 4.69) is 24.9 Å². The van der Waals surface area contributed by atoms with Crippen molar-refractivity contribution in [2.75, 3.05) is 5.73 Å². The van der Waals surface area contributed by atoms with Crippen LogP contribution in [0.2, 0.25) is 0 Å². The molecule has 2 heterocycles. The molecule has 3 nitrogen and oxygen atoms in total. The van der Waals surface area contributed by atoms with Crippen molar-refractivity contribution in [3.8, 4) is 10.8 Å². The Morgan fingerprint density at radius 2 is 2.12 bits per heavy atom. The summed E-state index contributed by atoms with van der Waals surface area (Å²) in [5.41, 5.74) is 9.26. The van der Waals surface area contributed by atoms with Gasteiger partial charge in [0.1, 0.15) is 5.52 Å². The van der Waals surface area contributed by atoms with Gasteiger partial charge in [-0.25, -0.2) is 4.98 Å². The molecule has 3 rings (SSSR count). The van der Waals surface area contributed by atoms with Crippen LogP contribution in [0.15, 0.2) is 28.7 Å². The number of aromatic nitrogens is 1. The number of nitrogens with two attached hydrogens (primary N) is 1. The Morgan fingerprint density at radius 3 is 2.76 bits per heavy atom. The molecule has 0 atom stereocenters. The van der Waals surface area contributed by atoms with Crippen molar-refractivity contribution < 1.29 is 4.42 Å². The van der Waals surface area contributed by atoms with E-state index in [1.54, 1.807) is 11.3 Å². The largest absolute Gasteiger partial charge is 0.435 e. The third kappa shape index (κ3) is 1.61. The van der Waals surface area contributed by atoms with Crippen molar-refractivity contribution in [1.82, 2.24) is 4.98 Å². The van der Waals surface area contributed by atoms with Crippen LogP contribution in [-0.4, -0.2) is 4.98 Å². The standard InChI is InChI=1S/C13H12N2OS/c1-7-6-11(17-8(7)2)13-15-12-9(14)4-3-5-10(12)16-13/h3-6H,14H2,1-2H3. The van der Waals surface area contributed by atoms with Crippen LogP contribution in [0.25, 0.3) is 21.9 Å². The fraction of sp³-hybridized carbons (Fsp3) is 0.154. The van der Waals surface area contributed by atoms with Crippen LogP contribution < -0.4 is 5.73 Å². The lowest BCUT2D eigenvalue weighted by molar-refractivity contribution is 0.621. The molecule has 4 heteroatoms. The first-order valence-corrected chi connectivity index (χ1v) is 6.19. The second-order valence-corrected chi connectivity index (χ2v) is 5.32. The highest BCUT2D eigenvalue weighted by molar-refractivity contribution is 7.15. The van der Waals surface area contributed by atoms with Crippen LogP contribution in [0.3, 0.4) is 0 Å². The number of rotatable bonds is 1. The molecule has 0 radical (unpaired) electrons. The highest BCUT2D eigenvalue weighted by Crippen LogP contribution is 2.33. The maximum Gasteiger partial charge on any atom is 0.237 e. The lowest BCUT2D eigenvalue weighted by atomic mass is 10.3. The van der Waals surface area contributed by atoms with Crippen molar-refractivity contribution in [3.05, 3.63) is 34.7 Å². The average Bonchev–Trinajstić information content (AvgIpc) is 2.85. The fourth-order valence-corrected chi connectivity index (χ4v) is 2.71. The number of fused-ring (bicyclic) bond motifs is 1. The highest BCUT2D eigenvalue weighted by Gasteiger charge is 2.12. The van der Waals surface area contributed by atoms with Gasteiger partial charge in [0.25, 0.3) is 0 Å². The summed E-state index contributed by atoms with van der Waals surface area (Å²) in [5, 5.41) is 0. The Kier molecular flexibility index (Phi) is 2.19. The normalized spacial score (nSPS) is 11.2. The first-order chi connectivity index (χ1) is 8.15. The van der Waals surface area contributed by atoms with E-state index < -0.39 is 0 Å². The van der Waals surface area contributed by atoms with Gasteiger partial charge < -0.3 is 10.2 Å². The van der Waals surface area contributed by atoms with Crippen LogP contribution in [0.5, 0.6) is 0 Å². The Labute approximate surface area is 103 Å². The second-order valence-electron chi connectivity index (χ2n) is 4.06. The van der Waals surface area contributed by atoms with Crippen LogP contribution >= 0.6 is 11.3 Å². The maximum atomic E-state index is 5.86. The molecule has 86 valence electrons. The van der Waals surface area contributed by atoms with Gasteiger partial charge in [0.05, 0.1) is 10.6 Å². The van der Waals surface area contributed by atoms with Gasteiger partial charge in [0.2, 0.25) is 5.89 Å². The number of oxazole rings is 1. The molecule has 3 aromatic rings. The minimum absolute atomic E-state index is 0.652. The third-order valence-corrected chi connectivity index (χ3v) is 3.97. The Balaban J connectivity index is 2.21. The maximum absolute atomic E-state index is 5.86. The van der Waals surface area contributed by atoms with E-state index in [0.717, 1.165) is 16.0 Å². The van der Waals surface area contributed by atoms with Gasteiger partial charge in [-0.1, -0.05) is 6.07 Å². The second kappa shape index (κ2) is 3.60. The molecule has 0 saturated carbocycles. The monoisotopic (exact) mass is 244 g/mol. The number of para-hydroxylation sites is 1. The minimum Gasteiger partial charge on any atom is -0.435 e. The zero-order chi connectivity index (χ0) is 12.0. The molecule has 0 aliphatic rings.